The summed E-state index contributed by atoms with van der Waals surface area (Å²) in [4.78, 5) is 12.8. The lowest BCUT2D eigenvalue weighted by atomic mass is 9.93. The normalized spacial score (nSPS) is 12.5. The molecule has 0 heterocycles. The molecule has 0 aliphatic carbocycles. The van der Waals surface area contributed by atoms with Gasteiger partial charge in [0.05, 0.1) is 0 Å². The predicted molar refractivity (Wildman–Crippen MR) is 82.5 cm³/mol. The van der Waals surface area contributed by atoms with Crippen LogP contribution in [-0.2, 0) is 4.79 Å². The zero-order chi connectivity index (χ0) is 14.0. The van der Waals surface area contributed by atoms with E-state index < -0.39 is 0 Å². The maximum atomic E-state index is 11.9. The molecule has 0 saturated heterocycles. The summed E-state index contributed by atoms with van der Waals surface area (Å²) in [6.45, 7) is 8.49. The summed E-state index contributed by atoms with van der Waals surface area (Å²) >= 11 is 5.37. The van der Waals surface area contributed by atoms with Crippen LogP contribution in [0.1, 0.15) is 72.6 Å². The SMILES string of the molecule is CCCCCC(=O)N[C](C(=S)CC)C(C)CCC. The van der Waals surface area contributed by atoms with E-state index in [0.717, 1.165) is 49.4 Å². The van der Waals surface area contributed by atoms with E-state index in [0.29, 0.717) is 12.3 Å². The second-order valence-electron chi connectivity index (χ2n) is 4.89. The van der Waals surface area contributed by atoms with Crippen LogP contribution >= 0.6 is 12.2 Å². The number of rotatable bonds is 10. The Bertz CT molecular complexity index is 253. The minimum absolute atomic E-state index is 0.122. The van der Waals surface area contributed by atoms with Gasteiger partial charge in [-0.2, -0.15) is 0 Å². The molecule has 1 unspecified atom stereocenters. The maximum Gasteiger partial charge on any atom is 0.220 e. The molecule has 0 fully saturated rings. The van der Waals surface area contributed by atoms with Crippen molar-refractivity contribution >= 4 is 23.0 Å². The van der Waals surface area contributed by atoms with Gasteiger partial charge in [0.25, 0.3) is 0 Å². The van der Waals surface area contributed by atoms with Crippen LogP contribution in [-0.4, -0.2) is 10.8 Å². The molecule has 0 aromatic carbocycles. The van der Waals surface area contributed by atoms with Crippen LogP contribution in [0.3, 0.4) is 0 Å². The Kier molecular flexibility index (Phi) is 10.2. The van der Waals surface area contributed by atoms with Crippen molar-refractivity contribution in [1.29, 1.82) is 0 Å². The van der Waals surface area contributed by atoms with E-state index in [-0.39, 0.29) is 5.91 Å². The fourth-order valence-electron chi connectivity index (χ4n) is 1.98. The topological polar surface area (TPSA) is 29.1 Å². The van der Waals surface area contributed by atoms with Crippen LogP contribution in [0.2, 0.25) is 0 Å². The van der Waals surface area contributed by atoms with Gasteiger partial charge in [-0.05, 0) is 25.2 Å². The fourth-order valence-corrected chi connectivity index (χ4v) is 2.24. The van der Waals surface area contributed by atoms with Crippen molar-refractivity contribution in [2.75, 3.05) is 0 Å². The number of nitrogens with one attached hydrogen (secondary N) is 1. The Hall–Kier alpha value is -0.440. The van der Waals surface area contributed by atoms with Crippen molar-refractivity contribution in [2.45, 2.75) is 72.6 Å². The first kappa shape index (κ1) is 17.6. The third-order valence-corrected chi connectivity index (χ3v) is 3.63. The zero-order valence-corrected chi connectivity index (χ0v) is 13.2. The third kappa shape index (κ3) is 7.10. The number of carbonyl (C=O) groups excluding carboxylic acids is 1. The van der Waals surface area contributed by atoms with Crippen molar-refractivity contribution in [3.05, 3.63) is 6.04 Å². The molecule has 1 amide bonds. The number of unbranched alkanes of at least 4 members (excludes halogenated alkanes) is 2. The van der Waals surface area contributed by atoms with E-state index in [1.807, 2.05) is 6.92 Å². The van der Waals surface area contributed by atoms with Gasteiger partial charge < -0.3 is 5.32 Å². The van der Waals surface area contributed by atoms with Gasteiger partial charge in [-0.15, -0.1) is 0 Å². The number of hydrogen-bond acceptors (Lipinski definition) is 2. The largest absolute Gasteiger partial charge is 0.343 e. The van der Waals surface area contributed by atoms with Crippen LogP contribution in [0.15, 0.2) is 0 Å². The second-order valence-corrected chi connectivity index (χ2v) is 5.38. The molecule has 0 spiro atoms. The summed E-state index contributed by atoms with van der Waals surface area (Å²) in [7, 11) is 0. The maximum absolute atomic E-state index is 11.9. The summed E-state index contributed by atoms with van der Waals surface area (Å²) < 4.78 is 0. The summed E-state index contributed by atoms with van der Waals surface area (Å²) in [5.74, 6) is 0.481. The molecule has 2 nitrogen and oxygen atoms in total. The number of amides is 1. The highest BCUT2D eigenvalue weighted by Gasteiger charge is 2.23. The van der Waals surface area contributed by atoms with Crippen LogP contribution in [0.5, 0.6) is 0 Å². The number of thiocarbonyl (C=S) groups is 1. The Morgan fingerprint density at radius 1 is 1.17 bits per heavy atom. The van der Waals surface area contributed by atoms with Crippen molar-refractivity contribution in [2.24, 2.45) is 5.92 Å². The van der Waals surface area contributed by atoms with E-state index in [1.54, 1.807) is 0 Å². The molecule has 3 heteroatoms. The van der Waals surface area contributed by atoms with E-state index in [4.69, 9.17) is 12.2 Å². The summed E-state index contributed by atoms with van der Waals surface area (Å²) in [6.07, 6.45) is 6.86. The molecule has 0 rings (SSSR count). The lowest BCUT2D eigenvalue weighted by Gasteiger charge is -2.24. The Balaban J connectivity index is 4.31. The van der Waals surface area contributed by atoms with Crippen LogP contribution in [0.25, 0.3) is 0 Å². The lowest BCUT2D eigenvalue weighted by Crippen LogP contribution is -2.37. The first-order valence-electron chi connectivity index (χ1n) is 7.26. The fraction of sp³-hybridized carbons (Fsp3) is 0.800. The molecule has 0 aliphatic heterocycles. The molecule has 1 atom stereocenters. The quantitative estimate of drug-likeness (QED) is 0.470. The average Bonchev–Trinajstić information content (AvgIpc) is 2.35. The van der Waals surface area contributed by atoms with E-state index in [2.05, 4.69) is 26.1 Å². The Labute approximate surface area is 118 Å². The van der Waals surface area contributed by atoms with Gasteiger partial charge in [-0.3, -0.25) is 4.79 Å². The van der Waals surface area contributed by atoms with Gasteiger partial charge in [0.15, 0.2) is 0 Å². The molecule has 1 radical (unpaired) electrons. The molecule has 0 bridgehead atoms. The lowest BCUT2D eigenvalue weighted by molar-refractivity contribution is -0.121. The summed E-state index contributed by atoms with van der Waals surface area (Å²) in [5.41, 5.74) is 0. The molecule has 1 N–H and O–H groups in total. The van der Waals surface area contributed by atoms with E-state index >= 15 is 0 Å². The molecule has 105 valence electrons. The van der Waals surface area contributed by atoms with Gasteiger partial charge in [0, 0.05) is 11.3 Å². The molecule has 18 heavy (non-hydrogen) atoms. The van der Waals surface area contributed by atoms with E-state index in [1.165, 1.54) is 0 Å². The van der Waals surface area contributed by atoms with Crippen molar-refractivity contribution in [3.8, 4) is 0 Å². The van der Waals surface area contributed by atoms with Crippen molar-refractivity contribution in [1.82, 2.24) is 5.32 Å². The number of carbonyl (C=O) groups is 1. The Morgan fingerprint density at radius 2 is 1.83 bits per heavy atom. The van der Waals surface area contributed by atoms with E-state index in [9.17, 15) is 4.79 Å². The molecule has 0 aromatic heterocycles. The van der Waals surface area contributed by atoms with Gasteiger partial charge >= 0.3 is 0 Å². The Morgan fingerprint density at radius 3 is 2.33 bits per heavy atom. The molecular formula is C15H28NOS. The highest BCUT2D eigenvalue weighted by atomic mass is 32.1. The smallest absolute Gasteiger partial charge is 0.220 e. The average molecular weight is 270 g/mol. The van der Waals surface area contributed by atoms with Gasteiger partial charge in [-0.25, -0.2) is 0 Å². The number of hydrogen-bond donors (Lipinski definition) is 1. The zero-order valence-electron chi connectivity index (χ0n) is 12.3. The van der Waals surface area contributed by atoms with Gasteiger partial charge in [-0.1, -0.05) is 59.2 Å². The standard InChI is InChI=1S/C15H28NOS/c1-5-8-9-11-14(17)16-15(13(18)7-3)12(4)10-6-2/h12H,5-11H2,1-4H3,(H,16,17). The summed E-state index contributed by atoms with van der Waals surface area (Å²) in [5, 5.41) is 3.05. The first-order chi connectivity index (χ1) is 8.56. The molecule has 0 saturated carbocycles. The van der Waals surface area contributed by atoms with Gasteiger partial charge in [0.1, 0.15) is 6.04 Å². The van der Waals surface area contributed by atoms with Crippen molar-refractivity contribution < 1.29 is 4.79 Å². The second kappa shape index (κ2) is 10.5. The molecule has 0 aromatic rings. The molecule has 0 aliphatic rings. The highest BCUT2D eigenvalue weighted by Crippen LogP contribution is 2.20. The van der Waals surface area contributed by atoms with Crippen LogP contribution in [0.4, 0.5) is 0 Å². The minimum atomic E-state index is 0.122. The predicted octanol–water partition coefficient (Wildman–Crippen LogP) is 4.43. The van der Waals surface area contributed by atoms with Gasteiger partial charge in [0.2, 0.25) is 5.91 Å². The molecular weight excluding hydrogens is 242 g/mol. The van der Waals surface area contributed by atoms with Crippen LogP contribution < -0.4 is 5.32 Å². The monoisotopic (exact) mass is 270 g/mol. The summed E-state index contributed by atoms with van der Waals surface area (Å²) in [6, 6.07) is 0.982. The minimum Gasteiger partial charge on any atom is -0.343 e. The van der Waals surface area contributed by atoms with Crippen LogP contribution in [0, 0.1) is 12.0 Å². The van der Waals surface area contributed by atoms with Crippen molar-refractivity contribution in [3.63, 3.8) is 0 Å². The highest BCUT2D eigenvalue weighted by molar-refractivity contribution is 7.80. The first-order valence-corrected chi connectivity index (χ1v) is 7.67. The third-order valence-electron chi connectivity index (χ3n) is 3.12.